The van der Waals surface area contributed by atoms with E-state index in [1.54, 1.807) is 0 Å². The van der Waals surface area contributed by atoms with Crippen LogP contribution in [0, 0.1) is 0 Å². The van der Waals surface area contributed by atoms with E-state index in [9.17, 15) is 0 Å². The van der Waals surface area contributed by atoms with Crippen LogP contribution in [0.4, 0.5) is 0 Å². The van der Waals surface area contributed by atoms with Gasteiger partial charge >= 0.3 is 0 Å². The molecule has 2 aromatic carbocycles. The number of piperidine rings is 1. The third kappa shape index (κ3) is 4.23. The molecule has 0 radical (unpaired) electrons. The summed E-state index contributed by atoms with van der Waals surface area (Å²) in [5.74, 6) is 0. The number of halogens is 2. The van der Waals surface area contributed by atoms with Crippen LogP contribution in [0.25, 0.3) is 0 Å². The van der Waals surface area contributed by atoms with Crippen LogP contribution >= 0.6 is 24.0 Å². The summed E-state index contributed by atoms with van der Waals surface area (Å²) < 4.78 is 6.42. The first kappa shape index (κ1) is 17.3. The Kier molecular flexibility index (Phi) is 6.71. The third-order valence-corrected chi connectivity index (χ3v) is 4.25. The summed E-state index contributed by atoms with van der Waals surface area (Å²) in [7, 11) is 0. The van der Waals surface area contributed by atoms with Crippen LogP contribution in [0.2, 0.25) is 5.02 Å². The van der Waals surface area contributed by atoms with Gasteiger partial charge in [-0.15, -0.1) is 12.4 Å². The van der Waals surface area contributed by atoms with Crippen LogP contribution in [0.5, 0.6) is 0 Å². The van der Waals surface area contributed by atoms with Gasteiger partial charge in [-0.2, -0.15) is 0 Å². The molecule has 1 heterocycles. The lowest BCUT2D eigenvalue weighted by atomic mass is 10.00. The van der Waals surface area contributed by atoms with Crippen LogP contribution in [-0.4, -0.2) is 19.2 Å². The highest BCUT2D eigenvalue weighted by Crippen LogP contribution is 2.33. The molecule has 1 aliphatic heterocycles. The molecule has 4 heteroatoms. The minimum Gasteiger partial charge on any atom is -0.365 e. The van der Waals surface area contributed by atoms with Gasteiger partial charge in [0, 0.05) is 10.6 Å². The van der Waals surface area contributed by atoms with Crippen molar-refractivity contribution >= 4 is 24.0 Å². The summed E-state index contributed by atoms with van der Waals surface area (Å²) in [6.45, 7) is 2.05. The topological polar surface area (TPSA) is 21.3 Å². The highest BCUT2D eigenvalue weighted by atomic mass is 35.5. The van der Waals surface area contributed by atoms with Crippen molar-refractivity contribution in [3.05, 3.63) is 70.7 Å². The van der Waals surface area contributed by atoms with Gasteiger partial charge in [0.25, 0.3) is 0 Å². The first-order chi connectivity index (χ1) is 10.3. The monoisotopic (exact) mass is 337 g/mol. The molecule has 1 saturated heterocycles. The van der Waals surface area contributed by atoms with E-state index in [0.717, 1.165) is 42.1 Å². The summed E-state index contributed by atoms with van der Waals surface area (Å²) >= 11 is 6.39. The average molecular weight is 338 g/mol. The Labute approximate surface area is 143 Å². The van der Waals surface area contributed by atoms with E-state index in [2.05, 4.69) is 23.5 Å². The summed E-state index contributed by atoms with van der Waals surface area (Å²) in [5, 5.41) is 4.14. The molecule has 0 aliphatic carbocycles. The van der Waals surface area contributed by atoms with Crippen molar-refractivity contribution in [3.8, 4) is 0 Å². The lowest BCUT2D eigenvalue weighted by molar-refractivity contribution is -0.00800. The average Bonchev–Trinajstić information content (AvgIpc) is 2.55. The van der Waals surface area contributed by atoms with Gasteiger partial charge in [0.1, 0.15) is 6.10 Å². The molecule has 0 spiro atoms. The molecule has 0 saturated carbocycles. The van der Waals surface area contributed by atoms with Crippen LogP contribution in [-0.2, 0) is 4.74 Å². The lowest BCUT2D eigenvalue weighted by Gasteiger charge is -2.29. The number of benzene rings is 2. The Bertz CT molecular complexity index is 570. The van der Waals surface area contributed by atoms with Gasteiger partial charge in [-0.1, -0.05) is 60.1 Å². The number of ether oxygens (including phenoxy) is 1. The molecule has 2 aromatic rings. The second-order valence-corrected chi connectivity index (χ2v) is 5.80. The molecular formula is C18H21Cl2NO. The van der Waals surface area contributed by atoms with Crippen LogP contribution < -0.4 is 5.32 Å². The maximum Gasteiger partial charge on any atom is 0.109 e. The number of nitrogens with one attached hydrogen (secondary N) is 1. The van der Waals surface area contributed by atoms with Crippen molar-refractivity contribution in [2.45, 2.75) is 25.0 Å². The molecule has 0 bridgehead atoms. The van der Waals surface area contributed by atoms with Crippen molar-refractivity contribution < 1.29 is 4.74 Å². The molecular weight excluding hydrogens is 317 g/mol. The van der Waals surface area contributed by atoms with E-state index in [-0.39, 0.29) is 24.6 Å². The quantitative estimate of drug-likeness (QED) is 0.878. The third-order valence-electron chi connectivity index (χ3n) is 3.90. The molecule has 1 atom stereocenters. The highest BCUT2D eigenvalue weighted by Gasteiger charge is 2.23. The summed E-state index contributed by atoms with van der Waals surface area (Å²) in [5.41, 5.74) is 2.20. The summed E-state index contributed by atoms with van der Waals surface area (Å²) in [6, 6.07) is 18.3. The Morgan fingerprint density at radius 1 is 0.955 bits per heavy atom. The Morgan fingerprint density at radius 3 is 2.27 bits per heavy atom. The molecule has 0 amide bonds. The predicted molar refractivity (Wildman–Crippen MR) is 94.0 cm³/mol. The molecule has 1 N–H and O–H groups in total. The molecule has 118 valence electrons. The summed E-state index contributed by atoms with van der Waals surface area (Å²) in [6.07, 6.45) is 2.29. The lowest BCUT2D eigenvalue weighted by Crippen LogP contribution is -2.33. The fourth-order valence-electron chi connectivity index (χ4n) is 2.77. The van der Waals surface area contributed by atoms with Gasteiger partial charge in [0.05, 0.1) is 6.10 Å². The molecule has 0 aromatic heterocycles. The number of rotatable bonds is 4. The maximum absolute atomic E-state index is 6.42. The largest absolute Gasteiger partial charge is 0.365 e. The normalized spacial score (nSPS) is 16.8. The molecule has 3 rings (SSSR count). The van der Waals surface area contributed by atoms with Crippen LogP contribution in [0.3, 0.4) is 0 Å². The molecule has 2 nitrogen and oxygen atoms in total. The Hall–Kier alpha value is -1.06. The zero-order valence-corrected chi connectivity index (χ0v) is 13.9. The van der Waals surface area contributed by atoms with Gasteiger partial charge in [-0.3, -0.25) is 0 Å². The van der Waals surface area contributed by atoms with E-state index in [4.69, 9.17) is 16.3 Å². The summed E-state index contributed by atoms with van der Waals surface area (Å²) in [4.78, 5) is 0. The molecule has 22 heavy (non-hydrogen) atoms. The minimum absolute atomic E-state index is 0. The Morgan fingerprint density at radius 2 is 1.59 bits per heavy atom. The van der Waals surface area contributed by atoms with Crippen molar-refractivity contribution in [2.75, 3.05) is 13.1 Å². The standard InChI is InChI=1S/C18H20ClNO.ClH/c19-17-9-5-4-8-16(17)18(14-6-2-1-3-7-14)21-15-10-12-20-13-11-15;/h1-9,15,18,20H,10-13H2;1H. The second kappa shape index (κ2) is 8.54. The van der Waals surface area contributed by atoms with Crippen molar-refractivity contribution in [1.29, 1.82) is 0 Å². The van der Waals surface area contributed by atoms with E-state index in [1.165, 1.54) is 0 Å². The van der Waals surface area contributed by atoms with E-state index < -0.39 is 0 Å². The van der Waals surface area contributed by atoms with Crippen molar-refractivity contribution in [1.82, 2.24) is 5.32 Å². The van der Waals surface area contributed by atoms with E-state index in [0.29, 0.717) is 0 Å². The fourth-order valence-corrected chi connectivity index (χ4v) is 3.01. The van der Waals surface area contributed by atoms with Gasteiger partial charge < -0.3 is 10.1 Å². The van der Waals surface area contributed by atoms with Gasteiger partial charge in [-0.25, -0.2) is 0 Å². The molecule has 1 aliphatic rings. The van der Waals surface area contributed by atoms with Gasteiger partial charge in [0.15, 0.2) is 0 Å². The molecule has 1 fully saturated rings. The van der Waals surface area contributed by atoms with Crippen molar-refractivity contribution in [2.24, 2.45) is 0 Å². The SMILES string of the molecule is Cl.Clc1ccccc1C(OC1CCNCC1)c1ccccc1. The van der Waals surface area contributed by atoms with Gasteiger partial charge in [-0.05, 0) is 37.6 Å². The van der Waals surface area contributed by atoms with Crippen molar-refractivity contribution in [3.63, 3.8) is 0 Å². The van der Waals surface area contributed by atoms with Crippen LogP contribution in [0.1, 0.15) is 30.1 Å². The second-order valence-electron chi connectivity index (χ2n) is 5.40. The maximum atomic E-state index is 6.42. The number of hydrogen-bond acceptors (Lipinski definition) is 2. The van der Waals surface area contributed by atoms with Crippen LogP contribution in [0.15, 0.2) is 54.6 Å². The van der Waals surface area contributed by atoms with E-state index >= 15 is 0 Å². The zero-order valence-electron chi connectivity index (χ0n) is 12.4. The highest BCUT2D eigenvalue weighted by molar-refractivity contribution is 6.31. The fraction of sp³-hybridized carbons (Fsp3) is 0.333. The van der Waals surface area contributed by atoms with E-state index in [1.807, 2.05) is 36.4 Å². The molecule has 1 unspecified atom stereocenters. The first-order valence-corrected chi connectivity index (χ1v) is 7.88. The predicted octanol–water partition coefficient (Wildman–Crippen LogP) is 4.62. The minimum atomic E-state index is -0.0944. The first-order valence-electron chi connectivity index (χ1n) is 7.50. The zero-order chi connectivity index (χ0) is 14.5. The smallest absolute Gasteiger partial charge is 0.109 e. The van der Waals surface area contributed by atoms with Gasteiger partial charge in [0.2, 0.25) is 0 Å². The Balaban J connectivity index is 0.00000176. The number of hydrogen-bond donors (Lipinski definition) is 1.